The molecule has 0 rings (SSSR count). The van der Waals surface area contributed by atoms with Gasteiger partial charge in [0.05, 0.1) is 0 Å². The molecule has 0 aliphatic heterocycles. The fourth-order valence-electron chi connectivity index (χ4n) is 2.10. The van der Waals surface area contributed by atoms with Gasteiger partial charge in [-0.15, -0.1) is 0 Å². The molecule has 4 heteroatoms. The lowest BCUT2D eigenvalue weighted by Crippen LogP contribution is -2.49. The van der Waals surface area contributed by atoms with E-state index >= 15 is 0 Å². The average molecular weight is 317 g/mol. The zero-order valence-electron chi connectivity index (χ0n) is 15.1. The molecule has 0 aliphatic carbocycles. The van der Waals surface area contributed by atoms with Crippen LogP contribution in [0, 0.1) is 0 Å². The van der Waals surface area contributed by atoms with Crippen molar-refractivity contribution in [3.63, 3.8) is 0 Å². The molecule has 0 saturated heterocycles. The van der Waals surface area contributed by atoms with Gasteiger partial charge in [0.15, 0.2) is 0 Å². The number of allylic oxidation sites excluding steroid dienone is 1. The molecule has 21 heavy (non-hydrogen) atoms. The molecule has 0 heterocycles. The minimum absolute atomic E-state index is 0.0962. The molecule has 0 aliphatic rings. The maximum Gasteiger partial charge on any atom is 0.529 e. The lowest BCUT2D eigenvalue weighted by atomic mass is 10.2. The van der Waals surface area contributed by atoms with E-state index in [2.05, 4.69) is 18.7 Å². The molecule has 0 radical (unpaired) electrons. The van der Waals surface area contributed by atoms with Crippen LogP contribution in [0.2, 0.25) is 0 Å². The van der Waals surface area contributed by atoms with Crippen LogP contribution in [0.15, 0.2) is 11.8 Å². The van der Waals surface area contributed by atoms with Gasteiger partial charge < -0.3 is 13.3 Å². The molecule has 126 valence electrons. The summed E-state index contributed by atoms with van der Waals surface area (Å²) in [4.78, 5) is 0. The van der Waals surface area contributed by atoms with E-state index in [1.54, 1.807) is 0 Å². The Morgan fingerprint density at radius 2 is 1.24 bits per heavy atom. The molecule has 0 spiro atoms. The highest BCUT2D eigenvalue weighted by atomic mass is 28.4. The van der Waals surface area contributed by atoms with E-state index in [-0.39, 0.29) is 18.3 Å². The Bertz CT molecular complexity index is 249. The third kappa shape index (κ3) is 11.1. The van der Waals surface area contributed by atoms with Crippen LogP contribution >= 0.6 is 0 Å². The lowest BCUT2D eigenvalue weighted by molar-refractivity contribution is 0.0139. The van der Waals surface area contributed by atoms with Crippen LogP contribution in [0.25, 0.3) is 0 Å². The van der Waals surface area contributed by atoms with Crippen molar-refractivity contribution in [2.45, 2.75) is 98.9 Å². The highest BCUT2D eigenvalue weighted by Gasteiger charge is 2.41. The minimum atomic E-state index is -2.73. The van der Waals surface area contributed by atoms with Gasteiger partial charge in [-0.2, -0.15) is 0 Å². The zero-order valence-corrected chi connectivity index (χ0v) is 16.1. The van der Waals surface area contributed by atoms with E-state index in [1.165, 1.54) is 25.7 Å². The standard InChI is InChI=1S/C17H36O3Si/c1-8-9-10-11-12-13-14-21(18-15(2)3,19-16(4)5)20-17(6)7/h13-17H,8-12H2,1-7H3/b14-13+. The van der Waals surface area contributed by atoms with E-state index in [0.29, 0.717) is 0 Å². The number of hydrogen-bond donors (Lipinski definition) is 0. The fourth-order valence-corrected chi connectivity index (χ4v) is 4.93. The molecule has 0 amide bonds. The second kappa shape index (κ2) is 11.4. The van der Waals surface area contributed by atoms with Crippen molar-refractivity contribution in [2.75, 3.05) is 0 Å². The third-order valence-electron chi connectivity index (χ3n) is 2.75. The molecule has 0 N–H and O–H groups in total. The van der Waals surface area contributed by atoms with E-state index < -0.39 is 8.80 Å². The second-order valence-electron chi connectivity index (χ2n) is 6.36. The average Bonchev–Trinajstić information content (AvgIpc) is 2.30. The highest BCUT2D eigenvalue weighted by Crippen LogP contribution is 2.19. The van der Waals surface area contributed by atoms with Crippen molar-refractivity contribution in [3.05, 3.63) is 11.8 Å². The van der Waals surface area contributed by atoms with Crippen molar-refractivity contribution < 1.29 is 13.3 Å². The Hall–Kier alpha value is -0.163. The van der Waals surface area contributed by atoms with Crippen LogP contribution in [0.1, 0.15) is 80.6 Å². The molecule has 0 aromatic rings. The molecule has 0 bridgehead atoms. The van der Waals surface area contributed by atoms with Crippen LogP contribution in [0.3, 0.4) is 0 Å². The number of hydrogen-bond acceptors (Lipinski definition) is 3. The molecule has 0 aromatic carbocycles. The maximum absolute atomic E-state index is 6.09. The summed E-state index contributed by atoms with van der Waals surface area (Å²) in [6.07, 6.45) is 8.64. The van der Waals surface area contributed by atoms with Gasteiger partial charge in [0.25, 0.3) is 0 Å². The predicted molar refractivity (Wildman–Crippen MR) is 92.3 cm³/mol. The molecule has 0 saturated carbocycles. The first kappa shape index (κ1) is 20.8. The zero-order chi connectivity index (χ0) is 16.3. The topological polar surface area (TPSA) is 27.7 Å². The SMILES string of the molecule is CCCCCC/C=C/[Si](OC(C)C)(OC(C)C)OC(C)C. The highest BCUT2D eigenvalue weighted by molar-refractivity contribution is 6.66. The molecule has 0 aromatic heterocycles. The molecular formula is C17H36O3Si. The van der Waals surface area contributed by atoms with Gasteiger partial charge in [-0.3, -0.25) is 0 Å². The van der Waals surface area contributed by atoms with E-state index in [1.807, 2.05) is 41.5 Å². The second-order valence-corrected chi connectivity index (χ2v) is 8.60. The monoisotopic (exact) mass is 316 g/mol. The first-order chi connectivity index (χ1) is 9.81. The van der Waals surface area contributed by atoms with Gasteiger partial charge in [0.1, 0.15) is 0 Å². The molecule has 0 unspecified atom stereocenters. The van der Waals surface area contributed by atoms with E-state index in [9.17, 15) is 0 Å². The van der Waals surface area contributed by atoms with Crippen molar-refractivity contribution >= 4 is 8.80 Å². The smallest absolute Gasteiger partial charge is 0.368 e. The van der Waals surface area contributed by atoms with Crippen LogP contribution in [-0.4, -0.2) is 27.1 Å². The van der Waals surface area contributed by atoms with Crippen LogP contribution < -0.4 is 0 Å². The Labute approximate surface area is 133 Å². The molecular weight excluding hydrogens is 280 g/mol. The van der Waals surface area contributed by atoms with Crippen molar-refractivity contribution in [1.82, 2.24) is 0 Å². The Morgan fingerprint density at radius 3 is 1.62 bits per heavy atom. The van der Waals surface area contributed by atoms with Gasteiger partial charge >= 0.3 is 8.80 Å². The Morgan fingerprint density at radius 1 is 0.762 bits per heavy atom. The van der Waals surface area contributed by atoms with E-state index in [4.69, 9.17) is 13.3 Å². The Balaban J connectivity index is 4.75. The summed E-state index contributed by atoms with van der Waals surface area (Å²) < 4.78 is 18.3. The van der Waals surface area contributed by atoms with Gasteiger partial charge in [0.2, 0.25) is 0 Å². The summed E-state index contributed by atoms with van der Waals surface area (Å²) >= 11 is 0. The summed E-state index contributed by atoms with van der Waals surface area (Å²) in [6.45, 7) is 14.4. The summed E-state index contributed by atoms with van der Waals surface area (Å²) in [6, 6.07) is 0. The Kier molecular flexibility index (Phi) is 11.3. The van der Waals surface area contributed by atoms with Crippen LogP contribution in [0.5, 0.6) is 0 Å². The predicted octanol–water partition coefficient (Wildman–Crippen LogP) is 5.27. The lowest BCUT2D eigenvalue weighted by Gasteiger charge is -2.32. The van der Waals surface area contributed by atoms with Gasteiger partial charge in [-0.25, -0.2) is 0 Å². The first-order valence-electron chi connectivity index (χ1n) is 8.52. The van der Waals surface area contributed by atoms with Crippen molar-refractivity contribution in [1.29, 1.82) is 0 Å². The summed E-state index contributed by atoms with van der Waals surface area (Å²) in [5.74, 6) is 0. The number of unbranched alkanes of at least 4 members (excludes halogenated alkanes) is 4. The quantitative estimate of drug-likeness (QED) is 0.363. The molecule has 3 nitrogen and oxygen atoms in total. The third-order valence-corrected chi connectivity index (χ3v) is 5.79. The fraction of sp³-hybridized carbons (Fsp3) is 0.882. The van der Waals surface area contributed by atoms with Crippen molar-refractivity contribution in [2.24, 2.45) is 0 Å². The summed E-state index contributed by atoms with van der Waals surface area (Å²) in [5.41, 5.74) is 2.08. The van der Waals surface area contributed by atoms with Gasteiger partial charge in [0, 0.05) is 18.3 Å². The molecule has 0 atom stereocenters. The maximum atomic E-state index is 6.09. The largest absolute Gasteiger partial charge is 0.529 e. The van der Waals surface area contributed by atoms with Crippen molar-refractivity contribution in [3.8, 4) is 0 Å². The first-order valence-corrected chi connectivity index (χ1v) is 10.3. The van der Waals surface area contributed by atoms with Gasteiger partial charge in [-0.05, 0) is 60.1 Å². The van der Waals surface area contributed by atoms with Crippen LogP contribution in [0.4, 0.5) is 0 Å². The summed E-state index contributed by atoms with van der Waals surface area (Å²) in [7, 11) is -2.73. The minimum Gasteiger partial charge on any atom is -0.368 e. The van der Waals surface area contributed by atoms with E-state index in [0.717, 1.165) is 6.42 Å². The number of rotatable bonds is 12. The summed E-state index contributed by atoms with van der Waals surface area (Å²) in [5, 5.41) is 0. The molecule has 0 fully saturated rings. The van der Waals surface area contributed by atoms with Gasteiger partial charge in [-0.1, -0.05) is 32.3 Å². The van der Waals surface area contributed by atoms with Crippen LogP contribution in [-0.2, 0) is 13.3 Å². The normalized spacial score (nSPS) is 13.2.